The molecule has 0 aliphatic carbocycles. The highest BCUT2D eigenvalue weighted by atomic mass is 79.9. The number of aliphatic hydroxyl groups excluding tert-OH is 1. The Bertz CT molecular complexity index is 308. The van der Waals surface area contributed by atoms with Crippen LogP contribution in [0.4, 0.5) is 5.69 Å². The van der Waals surface area contributed by atoms with Crippen molar-refractivity contribution in [3.63, 3.8) is 0 Å². The van der Waals surface area contributed by atoms with E-state index in [1.807, 2.05) is 0 Å². The number of anilines is 1. The zero-order valence-corrected chi connectivity index (χ0v) is 10.6. The van der Waals surface area contributed by atoms with Crippen LogP contribution in [0.2, 0.25) is 10.0 Å². The molecular formula is C9H10BrCl2NO. The average molecular weight is 299 g/mol. The molecule has 2 nitrogen and oxygen atoms in total. The van der Waals surface area contributed by atoms with Gasteiger partial charge in [-0.15, -0.1) is 0 Å². The highest BCUT2D eigenvalue weighted by molar-refractivity contribution is 9.10. The van der Waals surface area contributed by atoms with Crippen molar-refractivity contribution in [2.45, 2.75) is 13.0 Å². The zero-order valence-electron chi connectivity index (χ0n) is 7.52. The first-order valence-electron chi connectivity index (χ1n) is 4.07. The molecule has 0 aromatic heterocycles. The Morgan fingerprint density at radius 2 is 1.93 bits per heavy atom. The molecule has 0 fully saturated rings. The van der Waals surface area contributed by atoms with Crippen LogP contribution in [0, 0.1) is 0 Å². The summed E-state index contributed by atoms with van der Waals surface area (Å²) in [6.45, 7) is 2.11. The summed E-state index contributed by atoms with van der Waals surface area (Å²) in [7, 11) is 0. The molecule has 0 saturated heterocycles. The maximum atomic E-state index is 9.09. The lowest BCUT2D eigenvalue weighted by atomic mass is 10.3. The molecular weight excluding hydrogens is 289 g/mol. The molecule has 0 radical (unpaired) electrons. The number of hydrogen-bond acceptors (Lipinski definition) is 2. The maximum absolute atomic E-state index is 9.09. The summed E-state index contributed by atoms with van der Waals surface area (Å²) in [5.74, 6) is 0. The van der Waals surface area contributed by atoms with Crippen LogP contribution in [0.1, 0.15) is 6.92 Å². The van der Waals surface area contributed by atoms with Crippen LogP contribution < -0.4 is 5.32 Å². The first-order valence-corrected chi connectivity index (χ1v) is 5.62. The third-order valence-electron chi connectivity index (χ3n) is 1.58. The second-order valence-corrected chi connectivity index (χ2v) is 4.70. The van der Waals surface area contributed by atoms with Gasteiger partial charge in [-0.05, 0) is 19.1 Å². The first kappa shape index (κ1) is 12.1. The lowest BCUT2D eigenvalue weighted by Crippen LogP contribution is -2.15. The van der Waals surface area contributed by atoms with Gasteiger partial charge in [0, 0.05) is 11.0 Å². The van der Waals surface area contributed by atoms with Crippen molar-refractivity contribution in [3.8, 4) is 0 Å². The van der Waals surface area contributed by atoms with Gasteiger partial charge in [-0.25, -0.2) is 0 Å². The molecule has 0 spiro atoms. The van der Waals surface area contributed by atoms with Crippen molar-refractivity contribution in [3.05, 3.63) is 26.7 Å². The van der Waals surface area contributed by atoms with Gasteiger partial charge in [-0.3, -0.25) is 0 Å². The molecule has 0 amide bonds. The van der Waals surface area contributed by atoms with E-state index in [9.17, 15) is 0 Å². The molecule has 0 heterocycles. The summed E-state index contributed by atoms with van der Waals surface area (Å²) in [4.78, 5) is 0. The minimum absolute atomic E-state index is 0.418. The molecule has 1 aromatic carbocycles. The van der Waals surface area contributed by atoms with Crippen molar-refractivity contribution in [1.29, 1.82) is 0 Å². The standard InChI is InChI=1S/C9H10BrCl2NO/c1-5(14)4-13-9-7(11)2-6(10)3-8(9)12/h2-3,5,13-14H,4H2,1H3. The predicted molar refractivity (Wildman–Crippen MR) is 64.3 cm³/mol. The number of hydrogen-bond donors (Lipinski definition) is 2. The molecule has 1 aromatic rings. The Morgan fingerprint density at radius 3 is 2.36 bits per heavy atom. The molecule has 78 valence electrons. The van der Waals surface area contributed by atoms with E-state index in [0.717, 1.165) is 4.47 Å². The molecule has 5 heteroatoms. The van der Waals surface area contributed by atoms with E-state index >= 15 is 0 Å². The summed E-state index contributed by atoms with van der Waals surface area (Å²) in [6, 6.07) is 3.50. The van der Waals surface area contributed by atoms with Gasteiger partial charge in [0.05, 0.1) is 21.8 Å². The van der Waals surface area contributed by atoms with Crippen molar-refractivity contribution in [2.24, 2.45) is 0 Å². The Morgan fingerprint density at radius 1 is 1.43 bits per heavy atom. The molecule has 14 heavy (non-hydrogen) atoms. The van der Waals surface area contributed by atoms with Gasteiger partial charge < -0.3 is 10.4 Å². The van der Waals surface area contributed by atoms with E-state index in [1.165, 1.54) is 0 Å². The highest BCUT2D eigenvalue weighted by Gasteiger charge is 2.07. The molecule has 2 N–H and O–H groups in total. The minimum atomic E-state index is -0.439. The van der Waals surface area contributed by atoms with Crippen LogP contribution in [0.3, 0.4) is 0 Å². The second kappa shape index (κ2) is 5.21. The van der Waals surface area contributed by atoms with Gasteiger partial charge in [-0.2, -0.15) is 0 Å². The van der Waals surface area contributed by atoms with Crippen LogP contribution in [0.5, 0.6) is 0 Å². The molecule has 0 aliphatic rings. The molecule has 0 aliphatic heterocycles. The number of rotatable bonds is 3. The van der Waals surface area contributed by atoms with Gasteiger partial charge >= 0.3 is 0 Å². The fourth-order valence-corrected chi connectivity index (χ4v) is 2.30. The SMILES string of the molecule is CC(O)CNc1c(Cl)cc(Br)cc1Cl. The highest BCUT2D eigenvalue weighted by Crippen LogP contribution is 2.33. The van der Waals surface area contributed by atoms with Crippen LogP contribution in [-0.4, -0.2) is 17.8 Å². The Kier molecular flexibility index (Phi) is 4.51. The summed E-state index contributed by atoms with van der Waals surface area (Å²) in [5, 5.41) is 13.1. The second-order valence-electron chi connectivity index (χ2n) is 2.97. The fourth-order valence-electron chi connectivity index (χ4n) is 0.961. The van der Waals surface area contributed by atoms with E-state index < -0.39 is 6.10 Å². The first-order chi connectivity index (χ1) is 6.50. The van der Waals surface area contributed by atoms with Crippen LogP contribution in [0.15, 0.2) is 16.6 Å². The van der Waals surface area contributed by atoms with Gasteiger partial charge in [0.15, 0.2) is 0 Å². The third kappa shape index (κ3) is 3.31. The molecule has 0 saturated carbocycles. The van der Waals surface area contributed by atoms with Crippen LogP contribution in [-0.2, 0) is 0 Å². The lowest BCUT2D eigenvalue weighted by Gasteiger charge is -2.12. The average Bonchev–Trinajstić information content (AvgIpc) is 2.01. The van der Waals surface area contributed by atoms with Crippen molar-refractivity contribution in [1.82, 2.24) is 0 Å². The normalized spacial score (nSPS) is 12.6. The van der Waals surface area contributed by atoms with E-state index in [2.05, 4.69) is 21.2 Å². The number of aliphatic hydroxyl groups is 1. The van der Waals surface area contributed by atoms with Crippen molar-refractivity contribution in [2.75, 3.05) is 11.9 Å². The summed E-state index contributed by atoms with van der Waals surface area (Å²) in [5.41, 5.74) is 0.650. The van der Waals surface area contributed by atoms with Crippen LogP contribution >= 0.6 is 39.1 Å². The summed E-state index contributed by atoms with van der Waals surface area (Å²) in [6.07, 6.45) is -0.439. The lowest BCUT2D eigenvalue weighted by molar-refractivity contribution is 0.208. The monoisotopic (exact) mass is 297 g/mol. The van der Waals surface area contributed by atoms with E-state index in [0.29, 0.717) is 22.3 Å². The Labute approximate surface area is 101 Å². The van der Waals surface area contributed by atoms with Crippen molar-refractivity contribution >= 4 is 44.8 Å². The largest absolute Gasteiger partial charge is 0.392 e. The Hall–Kier alpha value is 0.0400. The van der Waals surface area contributed by atoms with Gasteiger partial charge in [-0.1, -0.05) is 39.1 Å². The molecule has 1 unspecified atom stereocenters. The van der Waals surface area contributed by atoms with Gasteiger partial charge in [0.2, 0.25) is 0 Å². The van der Waals surface area contributed by atoms with E-state index in [1.54, 1.807) is 19.1 Å². The number of nitrogens with one attached hydrogen (secondary N) is 1. The quantitative estimate of drug-likeness (QED) is 0.894. The zero-order chi connectivity index (χ0) is 10.7. The molecule has 0 bridgehead atoms. The van der Waals surface area contributed by atoms with Gasteiger partial charge in [0.25, 0.3) is 0 Å². The van der Waals surface area contributed by atoms with E-state index in [4.69, 9.17) is 28.3 Å². The predicted octanol–water partition coefficient (Wildman–Crippen LogP) is 3.55. The third-order valence-corrected chi connectivity index (χ3v) is 2.64. The maximum Gasteiger partial charge on any atom is 0.0720 e. The number of benzene rings is 1. The van der Waals surface area contributed by atoms with E-state index in [-0.39, 0.29) is 0 Å². The molecule has 1 atom stereocenters. The van der Waals surface area contributed by atoms with Crippen LogP contribution in [0.25, 0.3) is 0 Å². The smallest absolute Gasteiger partial charge is 0.0720 e. The summed E-state index contributed by atoms with van der Waals surface area (Å²) < 4.78 is 0.829. The molecule has 1 rings (SSSR count). The van der Waals surface area contributed by atoms with Crippen molar-refractivity contribution < 1.29 is 5.11 Å². The minimum Gasteiger partial charge on any atom is -0.392 e. The topological polar surface area (TPSA) is 32.3 Å². The summed E-state index contributed by atoms with van der Waals surface area (Å²) >= 11 is 15.2. The Balaban J connectivity index is 2.86. The fraction of sp³-hybridized carbons (Fsp3) is 0.333. The van der Waals surface area contributed by atoms with Gasteiger partial charge in [0.1, 0.15) is 0 Å². The number of halogens is 3.